The number of aromatic nitrogens is 3. The van der Waals surface area contributed by atoms with Gasteiger partial charge in [0.05, 0.1) is 44.0 Å². The summed E-state index contributed by atoms with van der Waals surface area (Å²) >= 11 is 1.24. The van der Waals surface area contributed by atoms with E-state index in [0.717, 1.165) is 28.2 Å². The SMILES string of the molecule is COc1ccc(C2=NN(C(=O)CSc3nnc(CNC(=O)COc4ccccc4)n3-c3ccccc3OC)[C@H](c3ccc(C)cc3)C2)cc1. The molecule has 6 rings (SSSR count). The van der Waals surface area contributed by atoms with Gasteiger partial charge in [0.2, 0.25) is 0 Å². The van der Waals surface area contributed by atoms with Crippen molar-refractivity contribution < 1.29 is 23.8 Å². The highest BCUT2D eigenvalue weighted by Crippen LogP contribution is 2.35. The Balaban J connectivity index is 1.22. The molecule has 250 valence electrons. The van der Waals surface area contributed by atoms with E-state index in [1.54, 1.807) is 35.9 Å². The number of hydrogen-bond donors (Lipinski definition) is 1. The minimum atomic E-state index is -0.315. The van der Waals surface area contributed by atoms with Gasteiger partial charge in [-0.1, -0.05) is 71.9 Å². The third-order valence-corrected chi connectivity index (χ3v) is 8.87. The fourth-order valence-corrected chi connectivity index (χ4v) is 6.21. The van der Waals surface area contributed by atoms with Crippen molar-refractivity contribution in [3.05, 3.63) is 126 Å². The number of methoxy groups -OCH3 is 2. The molecular formula is C37H36N6O5S. The maximum atomic E-state index is 14.0. The van der Waals surface area contributed by atoms with Crippen LogP contribution in [-0.2, 0) is 16.1 Å². The molecule has 5 aromatic rings. The molecule has 12 heteroatoms. The van der Waals surface area contributed by atoms with Gasteiger partial charge in [0.15, 0.2) is 17.6 Å². The van der Waals surface area contributed by atoms with E-state index in [1.165, 1.54) is 11.8 Å². The summed E-state index contributed by atoms with van der Waals surface area (Å²) in [7, 11) is 3.21. The fourth-order valence-electron chi connectivity index (χ4n) is 5.40. The predicted octanol–water partition coefficient (Wildman–Crippen LogP) is 5.76. The lowest BCUT2D eigenvalue weighted by molar-refractivity contribution is -0.130. The number of ether oxygens (including phenoxy) is 3. The Hall–Kier alpha value is -5.62. The maximum Gasteiger partial charge on any atom is 0.258 e. The van der Waals surface area contributed by atoms with Gasteiger partial charge in [-0.05, 0) is 66.6 Å². The first-order valence-corrected chi connectivity index (χ1v) is 16.7. The van der Waals surface area contributed by atoms with Crippen molar-refractivity contribution in [2.75, 3.05) is 26.6 Å². The lowest BCUT2D eigenvalue weighted by atomic mass is 9.97. The summed E-state index contributed by atoms with van der Waals surface area (Å²) in [4.78, 5) is 26.6. The number of carbonyl (C=O) groups excluding carboxylic acids is 2. The molecule has 0 saturated heterocycles. The molecule has 1 atom stereocenters. The Bertz CT molecular complexity index is 1930. The Morgan fingerprint density at radius 1 is 0.857 bits per heavy atom. The standard InChI is InChI=1S/C37H36N6O5S/c1-25-13-15-27(16-14-25)32-21-30(26-17-19-28(46-2)20-18-26)41-43(32)36(45)24-49-37-40-39-34(42(37)31-11-7-8-12-33(31)47-3)22-38-35(44)23-48-29-9-5-4-6-10-29/h4-20,32H,21-24H2,1-3H3,(H,38,44)/t32-/m0/s1. The summed E-state index contributed by atoms with van der Waals surface area (Å²) in [5, 5.41) is 18.5. The van der Waals surface area contributed by atoms with Crippen LogP contribution in [0.25, 0.3) is 5.69 Å². The minimum absolute atomic E-state index is 0.0479. The Kier molecular flexibility index (Phi) is 10.5. The monoisotopic (exact) mass is 676 g/mol. The number of nitrogens with zero attached hydrogens (tertiary/aromatic N) is 5. The van der Waals surface area contributed by atoms with Crippen molar-refractivity contribution in [3.8, 4) is 22.9 Å². The number of hydrogen-bond acceptors (Lipinski definition) is 9. The quantitative estimate of drug-likeness (QED) is 0.157. The van der Waals surface area contributed by atoms with Gasteiger partial charge in [0.1, 0.15) is 17.2 Å². The highest BCUT2D eigenvalue weighted by molar-refractivity contribution is 7.99. The van der Waals surface area contributed by atoms with Gasteiger partial charge in [-0.3, -0.25) is 14.2 Å². The Morgan fingerprint density at radius 2 is 1.59 bits per heavy atom. The first-order valence-electron chi connectivity index (χ1n) is 15.7. The topological polar surface area (TPSA) is 120 Å². The zero-order valence-corrected chi connectivity index (χ0v) is 28.2. The molecule has 0 bridgehead atoms. The van der Waals surface area contributed by atoms with E-state index in [0.29, 0.717) is 34.6 Å². The molecular weight excluding hydrogens is 641 g/mol. The van der Waals surface area contributed by atoms with E-state index in [-0.39, 0.29) is 36.8 Å². The van der Waals surface area contributed by atoms with Crippen LogP contribution in [0.5, 0.6) is 17.2 Å². The summed E-state index contributed by atoms with van der Waals surface area (Å²) < 4.78 is 18.3. The van der Waals surface area contributed by atoms with Gasteiger partial charge >= 0.3 is 0 Å². The van der Waals surface area contributed by atoms with Crippen molar-refractivity contribution >= 4 is 29.3 Å². The van der Waals surface area contributed by atoms with Crippen LogP contribution >= 0.6 is 11.8 Å². The molecule has 0 saturated carbocycles. The maximum absolute atomic E-state index is 14.0. The average molecular weight is 677 g/mol. The summed E-state index contributed by atoms with van der Waals surface area (Å²) in [6, 6.07) is 32.2. The molecule has 0 fully saturated rings. The van der Waals surface area contributed by atoms with Crippen molar-refractivity contribution in [2.24, 2.45) is 5.10 Å². The number of hydrazone groups is 1. The van der Waals surface area contributed by atoms with Crippen LogP contribution in [0, 0.1) is 6.92 Å². The number of para-hydroxylation sites is 3. The summed E-state index contributed by atoms with van der Waals surface area (Å²) in [5.74, 6) is 1.95. The second-order valence-electron chi connectivity index (χ2n) is 11.2. The Labute approximate surface area is 288 Å². The number of thioether (sulfide) groups is 1. The third-order valence-electron chi connectivity index (χ3n) is 7.96. The van der Waals surface area contributed by atoms with Gasteiger partial charge in [-0.2, -0.15) is 5.10 Å². The molecule has 1 aliphatic rings. The van der Waals surface area contributed by atoms with Crippen LogP contribution in [0.1, 0.15) is 35.0 Å². The van der Waals surface area contributed by atoms with E-state index in [1.807, 2.05) is 97.9 Å². The molecule has 2 heterocycles. The van der Waals surface area contributed by atoms with E-state index < -0.39 is 0 Å². The van der Waals surface area contributed by atoms with Crippen LogP contribution in [0.4, 0.5) is 0 Å². The van der Waals surface area contributed by atoms with Crippen molar-refractivity contribution in [1.82, 2.24) is 25.1 Å². The van der Waals surface area contributed by atoms with Crippen molar-refractivity contribution in [3.63, 3.8) is 0 Å². The van der Waals surface area contributed by atoms with Crippen molar-refractivity contribution in [1.29, 1.82) is 0 Å². The highest BCUT2D eigenvalue weighted by Gasteiger charge is 2.33. The smallest absolute Gasteiger partial charge is 0.258 e. The number of nitrogens with one attached hydrogen (secondary N) is 1. The number of rotatable bonds is 13. The van der Waals surface area contributed by atoms with Gasteiger partial charge in [0.25, 0.3) is 11.8 Å². The first-order chi connectivity index (χ1) is 23.9. The largest absolute Gasteiger partial charge is 0.497 e. The lowest BCUT2D eigenvalue weighted by Crippen LogP contribution is -2.29. The second kappa shape index (κ2) is 15.5. The molecule has 1 aromatic heterocycles. The van der Waals surface area contributed by atoms with E-state index in [9.17, 15) is 9.59 Å². The van der Waals surface area contributed by atoms with Gasteiger partial charge in [-0.25, -0.2) is 5.01 Å². The van der Waals surface area contributed by atoms with Gasteiger partial charge < -0.3 is 19.5 Å². The lowest BCUT2D eigenvalue weighted by Gasteiger charge is -2.22. The predicted molar refractivity (Wildman–Crippen MR) is 187 cm³/mol. The number of benzene rings is 4. The van der Waals surface area contributed by atoms with Crippen LogP contribution < -0.4 is 19.5 Å². The summed E-state index contributed by atoms with van der Waals surface area (Å²) in [5.41, 5.74) is 4.56. The zero-order chi connectivity index (χ0) is 34.2. The molecule has 4 aromatic carbocycles. The summed E-state index contributed by atoms with van der Waals surface area (Å²) in [6.07, 6.45) is 0.570. The van der Waals surface area contributed by atoms with E-state index in [2.05, 4.69) is 15.5 Å². The second-order valence-corrected chi connectivity index (χ2v) is 12.2. The van der Waals surface area contributed by atoms with E-state index >= 15 is 0 Å². The number of carbonyl (C=O) groups is 2. The molecule has 0 radical (unpaired) electrons. The zero-order valence-electron chi connectivity index (χ0n) is 27.4. The van der Waals surface area contributed by atoms with Gasteiger partial charge in [-0.15, -0.1) is 10.2 Å². The number of aryl methyl sites for hydroxylation is 1. The van der Waals surface area contributed by atoms with Crippen LogP contribution in [0.3, 0.4) is 0 Å². The molecule has 0 spiro atoms. The van der Waals surface area contributed by atoms with Crippen LogP contribution in [-0.4, -0.2) is 63.9 Å². The number of amides is 2. The molecule has 49 heavy (non-hydrogen) atoms. The average Bonchev–Trinajstić information content (AvgIpc) is 3.78. The van der Waals surface area contributed by atoms with Crippen molar-refractivity contribution in [2.45, 2.75) is 31.1 Å². The molecule has 1 N–H and O–H groups in total. The van der Waals surface area contributed by atoms with Crippen LogP contribution in [0.15, 0.2) is 113 Å². The third kappa shape index (κ3) is 7.92. The first kappa shape index (κ1) is 33.3. The molecule has 2 amide bonds. The molecule has 11 nitrogen and oxygen atoms in total. The minimum Gasteiger partial charge on any atom is -0.497 e. The fraction of sp³-hybridized carbons (Fsp3) is 0.216. The molecule has 0 aliphatic carbocycles. The van der Waals surface area contributed by atoms with Gasteiger partial charge in [0, 0.05) is 6.42 Å². The summed E-state index contributed by atoms with van der Waals surface area (Å²) in [6.45, 7) is 1.96. The molecule has 1 aliphatic heterocycles. The van der Waals surface area contributed by atoms with E-state index in [4.69, 9.17) is 19.3 Å². The normalized spacial score (nSPS) is 13.9. The Morgan fingerprint density at radius 3 is 2.33 bits per heavy atom. The van der Waals surface area contributed by atoms with Crippen LogP contribution in [0.2, 0.25) is 0 Å². The molecule has 0 unspecified atom stereocenters. The highest BCUT2D eigenvalue weighted by atomic mass is 32.2.